The van der Waals surface area contributed by atoms with Crippen LogP contribution in [-0.4, -0.2) is 29.8 Å². The first-order chi connectivity index (χ1) is 12.8. The summed E-state index contributed by atoms with van der Waals surface area (Å²) < 4.78 is 12.6. The highest BCUT2D eigenvalue weighted by molar-refractivity contribution is 6.47. The Morgan fingerprint density at radius 1 is 0.778 bits per heavy atom. The molecule has 3 rings (SSSR count). The Morgan fingerprint density at radius 2 is 1.19 bits per heavy atom. The molecule has 1 aliphatic rings. The van der Waals surface area contributed by atoms with Gasteiger partial charge in [-0.25, -0.2) is 0 Å². The zero-order chi connectivity index (χ0) is 19.5. The van der Waals surface area contributed by atoms with Crippen molar-refractivity contribution in [2.45, 2.75) is 64.7 Å². The summed E-state index contributed by atoms with van der Waals surface area (Å²) in [5, 5.41) is 0. The van der Waals surface area contributed by atoms with Gasteiger partial charge in [-0.2, -0.15) is 0 Å². The van der Waals surface area contributed by atoms with Crippen molar-refractivity contribution in [1.29, 1.82) is 0 Å². The molecule has 0 bridgehead atoms. The van der Waals surface area contributed by atoms with Crippen LogP contribution in [0.3, 0.4) is 0 Å². The third-order valence-corrected chi connectivity index (χ3v) is 5.78. The van der Waals surface area contributed by atoms with Crippen LogP contribution < -0.4 is 0 Å². The van der Waals surface area contributed by atoms with E-state index in [1.807, 2.05) is 0 Å². The standard InChI is InChI=1S/C23H32BNO2/c1-19(24-26-22(2,3)23(4,5)27-24)16-25(17-20-12-8-6-9-13-20)18-21-14-10-7-11-15-21/h6-15,19H,16-18H2,1-5H3. The van der Waals surface area contributed by atoms with Crippen LogP contribution in [0.15, 0.2) is 60.7 Å². The number of nitrogens with zero attached hydrogens (tertiary/aromatic N) is 1. The average molecular weight is 365 g/mol. The molecule has 2 aromatic carbocycles. The van der Waals surface area contributed by atoms with Gasteiger partial charge < -0.3 is 9.31 Å². The van der Waals surface area contributed by atoms with Gasteiger partial charge in [0.25, 0.3) is 0 Å². The molecule has 1 saturated heterocycles. The third-order valence-electron chi connectivity index (χ3n) is 5.78. The predicted molar refractivity (Wildman–Crippen MR) is 113 cm³/mol. The zero-order valence-electron chi connectivity index (χ0n) is 17.3. The Morgan fingerprint density at radius 3 is 1.59 bits per heavy atom. The van der Waals surface area contributed by atoms with Crippen LogP contribution in [0.25, 0.3) is 0 Å². The van der Waals surface area contributed by atoms with Crippen molar-refractivity contribution in [3.8, 4) is 0 Å². The fraction of sp³-hybridized carbons (Fsp3) is 0.478. The first-order valence-corrected chi connectivity index (χ1v) is 9.93. The molecule has 0 radical (unpaired) electrons. The summed E-state index contributed by atoms with van der Waals surface area (Å²) in [4.78, 5) is 2.49. The maximum Gasteiger partial charge on any atom is 0.462 e. The minimum absolute atomic E-state index is 0.177. The van der Waals surface area contributed by atoms with E-state index in [2.05, 4.69) is 100 Å². The molecule has 0 saturated carbocycles. The minimum atomic E-state index is -0.282. The largest absolute Gasteiger partial charge is 0.462 e. The molecule has 2 aromatic rings. The second-order valence-electron chi connectivity index (χ2n) is 8.74. The maximum absolute atomic E-state index is 6.28. The highest BCUT2D eigenvalue weighted by Crippen LogP contribution is 2.40. The van der Waals surface area contributed by atoms with Gasteiger partial charge in [0.2, 0.25) is 0 Å². The molecule has 4 heteroatoms. The van der Waals surface area contributed by atoms with Crippen LogP contribution in [0.5, 0.6) is 0 Å². The molecule has 0 N–H and O–H groups in total. The average Bonchev–Trinajstić information content (AvgIpc) is 2.84. The lowest BCUT2D eigenvalue weighted by molar-refractivity contribution is 0.00578. The normalized spacial score (nSPS) is 19.4. The van der Waals surface area contributed by atoms with Gasteiger partial charge in [-0.3, -0.25) is 4.90 Å². The van der Waals surface area contributed by atoms with Crippen molar-refractivity contribution in [3.05, 3.63) is 71.8 Å². The predicted octanol–water partition coefficient (Wildman–Crippen LogP) is 5.17. The molecule has 144 valence electrons. The van der Waals surface area contributed by atoms with Crippen LogP contribution >= 0.6 is 0 Å². The van der Waals surface area contributed by atoms with Crippen LogP contribution in [0.2, 0.25) is 5.82 Å². The molecule has 1 aliphatic heterocycles. The SMILES string of the molecule is CC(CN(Cc1ccccc1)Cc1ccccc1)B1OC(C)(C)C(C)(C)O1. The van der Waals surface area contributed by atoms with E-state index in [9.17, 15) is 0 Å². The van der Waals surface area contributed by atoms with Crippen molar-refractivity contribution < 1.29 is 9.31 Å². The summed E-state index contributed by atoms with van der Waals surface area (Å²) in [6.45, 7) is 13.4. The molecular formula is C23H32BNO2. The van der Waals surface area contributed by atoms with Crippen molar-refractivity contribution in [2.75, 3.05) is 6.54 Å². The van der Waals surface area contributed by atoms with E-state index in [0.29, 0.717) is 0 Å². The molecule has 0 spiro atoms. The van der Waals surface area contributed by atoms with Crippen molar-refractivity contribution >= 4 is 7.12 Å². The van der Waals surface area contributed by atoms with Gasteiger partial charge >= 0.3 is 7.12 Å². The van der Waals surface area contributed by atoms with Crippen LogP contribution in [0.4, 0.5) is 0 Å². The number of hydrogen-bond acceptors (Lipinski definition) is 3. The van der Waals surface area contributed by atoms with Gasteiger partial charge in [-0.1, -0.05) is 67.6 Å². The molecule has 0 amide bonds. The molecule has 3 nitrogen and oxygen atoms in total. The Labute approximate surface area is 164 Å². The third kappa shape index (κ3) is 5.01. The van der Waals surface area contributed by atoms with E-state index in [-0.39, 0.29) is 24.1 Å². The van der Waals surface area contributed by atoms with Gasteiger partial charge in [0.1, 0.15) is 0 Å². The van der Waals surface area contributed by atoms with E-state index in [0.717, 1.165) is 19.6 Å². The fourth-order valence-electron chi connectivity index (χ4n) is 3.48. The van der Waals surface area contributed by atoms with E-state index in [1.54, 1.807) is 0 Å². The summed E-state index contributed by atoms with van der Waals surface area (Å²) in [5.74, 6) is 0.276. The summed E-state index contributed by atoms with van der Waals surface area (Å²) in [5.41, 5.74) is 2.09. The molecule has 0 aliphatic carbocycles. The lowest BCUT2D eigenvalue weighted by Crippen LogP contribution is -2.41. The van der Waals surface area contributed by atoms with E-state index in [4.69, 9.17) is 9.31 Å². The fourth-order valence-corrected chi connectivity index (χ4v) is 3.48. The van der Waals surface area contributed by atoms with Gasteiger partial charge in [0.15, 0.2) is 0 Å². The van der Waals surface area contributed by atoms with Crippen LogP contribution in [0, 0.1) is 0 Å². The first-order valence-electron chi connectivity index (χ1n) is 9.93. The Hall–Kier alpha value is -1.62. The lowest BCUT2D eigenvalue weighted by Gasteiger charge is -2.32. The monoisotopic (exact) mass is 365 g/mol. The number of rotatable bonds is 7. The molecule has 1 unspecified atom stereocenters. The van der Waals surface area contributed by atoms with Crippen molar-refractivity contribution in [3.63, 3.8) is 0 Å². The number of benzene rings is 2. The quantitative estimate of drug-likeness (QED) is 0.632. The minimum Gasteiger partial charge on any atom is -0.403 e. The molecule has 0 aromatic heterocycles. The summed E-state index contributed by atoms with van der Waals surface area (Å²) in [6, 6.07) is 21.3. The molecule has 1 fully saturated rings. The van der Waals surface area contributed by atoms with Gasteiger partial charge in [0.05, 0.1) is 11.2 Å². The van der Waals surface area contributed by atoms with E-state index in [1.165, 1.54) is 11.1 Å². The van der Waals surface area contributed by atoms with E-state index >= 15 is 0 Å². The molecule has 27 heavy (non-hydrogen) atoms. The Bertz CT molecular complexity index is 660. The topological polar surface area (TPSA) is 21.7 Å². The van der Waals surface area contributed by atoms with Crippen LogP contribution in [0.1, 0.15) is 45.7 Å². The second kappa shape index (κ2) is 8.18. The number of hydrogen-bond donors (Lipinski definition) is 0. The van der Waals surface area contributed by atoms with Crippen molar-refractivity contribution in [1.82, 2.24) is 4.90 Å². The first kappa shape index (κ1) is 20.1. The Balaban J connectivity index is 1.70. The van der Waals surface area contributed by atoms with Crippen LogP contribution in [-0.2, 0) is 22.4 Å². The second-order valence-corrected chi connectivity index (χ2v) is 8.74. The highest BCUT2D eigenvalue weighted by Gasteiger charge is 2.52. The Kier molecular flexibility index (Phi) is 6.10. The summed E-state index contributed by atoms with van der Waals surface area (Å²) in [6.07, 6.45) is 0. The maximum atomic E-state index is 6.28. The molecular weight excluding hydrogens is 333 g/mol. The van der Waals surface area contributed by atoms with E-state index < -0.39 is 0 Å². The summed E-state index contributed by atoms with van der Waals surface area (Å²) in [7, 11) is -0.177. The molecule has 1 heterocycles. The molecule has 1 atom stereocenters. The van der Waals surface area contributed by atoms with Gasteiger partial charge in [-0.15, -0.1) is 0 Å². The zero-order valence-corrected chi connectivity index (χ0v) is 17.3. The smallest absolute Gasteiger partial charge is 0.403 e. The van der Waals surface area contributed by atoms with Gasteiger partial charge in [-0.05, 0) is 45.4 Å². The highest BCUT2D eigenvalue weighted by atomic mass is 16.7. The van der Waals surface area contributed by atoms with Crippen molar-refractivity contribution in [2.24, 2.45) is 0 Å². The van der Waals surface area contributed by atoms with Gasteiger partial charge in [0, 0.05) is 18.9 Å². The summed E-state index contributed by atoms with van der Waals surface area (Å²) >= 11 is 0. The lowest BCUT2D eigenvalue weighted by atomic mass is 9.73.